The first kappa shape index (κ1) is 17.6. The first-order valence-electron chi connectivity index (χ1n) is 7.88. The molecule has 0 atom stereocenters. The number of carbonyl (C=O) groups is 2. The van der Waals surface area contributed by atoms with Crippen LogP contribution in [-0.2, 0) is 4.79 Å². The van der Waals surface area contributed by atoms with Crippen molar-refractivity contribution in [3.8, 4) is 5.75 Å². The summed E-state index contributed by atoms with van der Waals surface area (Å²) in [5.74, 6) is 0.823. The molecule has 1 aromatic carbocycles. The van der Waals surface area contributed by atoms with Crippen LogP contribution in [0.3, 0.4) is 0 Å². The molecule has 1 aliphatic carbocycles. The second-order valence-electron chi connectivity index (χ2n) is 6.31. The number of rotatable bonds is 6. The van der Waals surface area contributed by atoms with Crippen molar-refractivity contribution in [2.75, 3.05) is 6.61 Å². The summed E-state index contributed by atoms with van der Waals surface area (Å²) >= 11 is 0.728. The molecule has 0 heterocycles. The van der Waals surface area contributed by atoms with Crippen molar-refractivity contribution in [1.82, 2.24) is 0 Å². The average molecular weight is 333 g/mol. The van der Waals surface area contributed by atoms with Gasteiger partial charge in [0.1, 0.15) is 5.75 Å². The topological polar surface area (TPSA) is 69.4 Å². The Morgan fingerprint density at radius 2 is 1.91 bits per heavy atom. The van der Waals surface area contributed by atoms with E-state index in [0.29, 0.717) is 11.2 Å². The number of aldehydes is 1. The number of hydrogen-bond acceptors (Lipinski definition) is 4. The third-order valence-corrected chi connectivity index (χ3v) is 4.82. The van der Waals surface area contributed by atoms with E-state index in [1.165, 1.54) is 32.1 Å². The van der Waals surface area contributed by atoms with E-state index >= 15 is 0 Å². The number of ether oxygens (including phenoxy) is 1. The van der Waals surface area contributed by atoms with E-state index in [4.69, 9.17) is 10.5 Å². The Hall–Kier alpha value is -1.75. The summed E-state index contributed by atoms with van der Waals surface area (Å²) in [4.78, 5) is 22.0. The Labute approximate surface area is 141 Å². The minimum atomic E-state index is -0.593. The highest BCUT2D eigenvalue weighted by atomic mass is 32.2. The fourth-order valence-corrected chi connectivity index (χ4v) is 3.31. The van der Waals surface area contributed by atoms with Gasteiger partial charge in [0, 0.05) is 5.41 Å². The van der Waals surface area contributed by atoms with E-state index < -0.39 is 5.24 Å². The highest BCUT2D eigenvalue weighted by Crippen LogP contribution is 2.36. The van der Waals surface area contributed by atoms with Gasteiger partial charge in [0.25, 0.3) is 5.24 Å². The number of amides is 1. The maximum Gasteiger partial charge on any atom is 0.281 e. The summed E-state index contributed by atoms with van der Waals surface area (Å²) in [5.41, 5.74) is 6.18. The van der Waals surface area contributed by atoms with Gasteiger partial charge in [-0.2, -0.15) is 0 Å². The third-order valence-electron chi connectivity index (χ3n) is 4.17. The number of benzene rings is 1. The van der Waals surface area contributed by atoms with E-state index in [1.807, 2.05) is 24.3 Å². The molecule has 1 saturated carbocycles. The zero-order valence-corrected chi connectivity index (χ0v) is 14.2. The molecule has 0 aliphatic heterocycles. The molecule has 2 rings (SSSR count). The number of thioether (sulfide) groups is 1. The Morgan fingerprint density at radius 3 is 2.48 bits per heavy atom. The lowest BCUT2D eigenvalue weighted by Crippen LogP contribution is -2.27. The third kappa shape index (κ3) is 5.75. The van der Waals surface area contributed by atoms with Crippen molar-refractivity contribution in [2.45, 2.75) is 39.0 Å². The van der Waals surface area contributed by atoms with Crippen molar-refractivity contribution in [3.63, 3.8) is 0 Å². The minimum absolute atomic E-state index is 0.277. The minimum Gasteiger partial charge on any atom is -0.493 e. The zero-order chi connectivity index (χ0) is 16.7. The predicted molar refractivity (Wildman–Crippen MR) is 94.3 cm³/mol. The van der Waals surface area contributed by atoms with Crippen molar-refractivity contribution in [3.05, 3.63) is 34.7 Å². The van der Waals surface area contributed by atoms with Crippen LogP contribution < -0.4 is 10.5 Å². The monoisotopic (exact) mass is 333 g/mol. The first-order valence-corrected chi connectivity index (χ1v) is 8.69. The van der Waals surface area contributed by atoms with Crippen LogP contribution in [0.2, 0.25) is 0 Å². The molecule has 4 nitrogen and oxygen atoms in total. The fourth-order valence-electron chi connectivity index (χ4n) is 2.84. The predicted octanol–water partition coefficient (Wildman–Crippen LogP) is 4.39. The van der Waals surface area contributed by atoms with Gasteiger partial charge in [0.15, 0.2) is 6.29 Å². The maximum atomic E-state index is 10.9. The highest BCUT2D eigenvalue weighted by molar-refractivity contribution is 8.17. The van der Waals surface area contributed by atoms with Gasteiger partial charge in [0.05, 0.1) is 11.5 Å². The second-order valence-corrected chi connectivity index (χ2v) is 7.39. The Kier molecular flexibility index (Phi) is 6.28. The van der Waals surface area contributed by atoms with Crippen LogP contribution in [0.1, 0.15) is 44.6 Å². The van der Waals surface area contributed by atoms with Crippen molar-refractivity contribution >= 4 is 29.4 Å². The molecule has 0 aromatic heterocycles. The molecule has 1 fully saturated rings. The van der Waals surface area contributed by atoms with Crippen molar-refractivity contribution in [2.24, 2.45) is 11.1 Å². The van der Waals surface area contributed by atoms with Crippen molar-refractivity contribution < 1.29 is 14.3 Å². The van der Waals surface area contributed by atoms with Gasteiger partial charge in [0.2, 0.25) is 0 Å². The molecule has 0 unspecified atom stereocenters. The average Bonchev–Trinajstić information content (AvgIpc) is 2.54. The van der Waals surface area contributed by atoms with E-state index in [-0.39, 0.29) is 5.41 Å². The van der Waals surface area contributed by atoms with E-state index in [1.54, 1.807) is 6.08 Å². The number of carbonyl (C=O) groups excluding carboxylic acids is 2. The van der Waals surface area contributed by atoms with Gasteiger partial charge >= 0.3 is 0 Å². The van der Waals surface area contributed by atoms with Crippen molar-refractivity contribution in [1.29, 1.82) is 0 Å². The Balaban J connectivity index is 1.95. The summed E-state index contributed by atoms with van der Waals surface area (Å²) in [6, 6.07) is 7.50. The molecule has 0 radical (unpaired) electrons. The Morgan fingerprint density at radius 1 is 1.26 bits per heavy atom. The first-order chi connectivity index (χ1) is 11.0. The van der Waals surface area contributed by atoms with Crippen LogP contribution >= 0.6 is 11.8 Å². The van der Waals surface area contributed by atoms with Gasteiger partial charge in [-0.15, -0.1) is 0 Å². The molecule has 23 heavy (non-hydrogen) atoms. The quantitative estimate of drug-likeness (QED) is 0.619. The largest absolute Gasteiger partial charge is 0.493 e. The number of allylic oxidation sites excluding steroid dienone is 1. The standard InChI is InChI=1S/C18H23NO3S/c1-18(9-3-2-4-10-18)13-22-15-7-5-14(6-8-15)11-16(12-20)23-17(19)21/h5-8,11-12H,2-4,9-10,13H2,1H3,(H2,19,21)/b16-11-. The van der Waals surface area contributed by atoms with E-state index in [2.05, 4.69) is 6.92 Å². The molecule has 1 aliphatic rings. The molecule has 0 spiro atoms. The molecular weight excluding hydrogens is 310 g/mol. The van der Waals surface area contributed by atoms with Gasteiger partial charge in [-0.05, 0) is 48.4 Å². The SMILES string of the molecule is CC1(COc2ccc(/C=C(/C=O)SC(N)=O)cc2)CCCCC1. The molecular formula is C18H23NO3S. The summed E-state index contributed by atoms with van der Waals surface area (Å²) in [7, 11) is 0. The summed E-state index contributed by atoms with van der Waals surface area (Å²) in [5, 5.41) is -0.593. The molecule has 0 bridgehead atoms. The molecule has 1 aromatic rings. The molecule has 0 saturated heterocycles. The Bertz CT molecular complexity index is 574. The molecule has 124 valence electrons. The maximum absolute atomic E-state index is 10.9. The van der Waals surface area contributed by atoms with Crippen LogP contribution in [0.4, 0.5) is 4.79 Å². The fraction of sp³-hybridized carbons (Fsp3) is 0.444. The lowest BCUT2D eigenvalue weighted by Gasteiger charge is -2.33. The number of primary amides is 1. The van der Waals surface area contributed by atoms with Crippen LogP contribution in [0.25, 0.3) is 6.08 Å². The van der Waals surface area contributed by atoms with Gasteiger partial charge in [-0.3, -0.25) is 9.59 Å². The van der Waals surface area contributed by atoms with Gasteiger partial charge in [-0.25, -0.2) is 0 Å². The second kappa shape index (κ2) is 8.20. The lowest BCUT2D eigenvalue weighted by molar-refractivity contribution is -0.104. The zero-order valence-electron chi connectivity index (χ0n) is 13.4. The van der Waals surface area contributed by atoms with Crippen LogP contribution in [0, 0.1) is 5.41 Å². The van der Waals surface area contributed by atoms with Gasteiger partial charge < -0.3 is 10.5 Å². The summed E-state index contributed by atoms with van der Waals surface area (Å²) in [6.07, 6.45) is 8.62. The molecule has 1 amide bonds. The number of hydrogen-bond donors (Lipinski definition) is 1. The van der Waals surface area contributed by atoms with Gasteiger partial charge in [-0.1, -0.05) is 38.3 Å². The molecule has 5 heteroatoms. The lowest BCUT2D eigenvalue weighted by atomic mass is 9.76. The van der Waals surface area contributed by atoms with E-state index in [0.717, 1.165) is 29.7 Å². The number of nitrogens with two attached hydrogens (primary N) is 1. The highest BCUT2D eigenvalue weighted by Gasteiger charge is 2.27. The smallest absolute Gasteiger partial charge is 0.281 e. The summed E-state index contributed by atoms with van der Waals surface area (Å²) in [6.45, 7) is 3.03. The van der Waals surface area contributed by atoms with Crippen LogP contribution in [-0.4, -0.2) is 18.1 Å². The van der Waals surface area contributed by atoms with Crippen LogP contribution in [0.15, 0.2) is 29.2 Å². The normalized spacial score (nSPS) is 17.5. The van der Waals surface area contributed by atoms with Crippen LogP contribution in [0.5, 0.6) is 5.75 Å². The molecule has 2 N–H and O–H groups in total. The summed E-state index contributed by atoms with van der Waals surface area (Å²) < 4.78 is 5.93. The van der Waals surface area contributed by atoms with E-state index in [9.17, 15) is 9.59 Å².